The molecule has 4 rings (SSSR count). The van der Waals surface area contributed by atoms with E-state index in [-0.39, 0.29) is 23.8 Å². The monoisotopic (exact) mass is 383 g/mol. The zero-order valence-electron chi connectivity index (χ0n) is 16.3. The maximum atomic E-state index is 12.8. The van der Waals surface area contributed by atoms with E-state index >= 15 is 0 Å². The van der Waals surface area contributed by atoms with Crippen molar-refractivity contribution in [2.75, 3.05) is 13.1 Å². The van der Waals surface area contributed by atoms with Gasteiger partial charge in [0.05, 0.1) is 0 Å². The lowest BCUT2D eigenvalue weighted by Gasteiger charge is -2.31. The number of benzene rings is 1. The Kier molecular flexibility index (Phi) is 5.13. The van der Waals surface area contributed by atoms with Crippen LogP contribution in [0.15, 0.2) is 30.3 Å². The van der Waals surface area contributed by atoms with Crippen LogP contribution in [0.1, 0.15) is 63.4 Å². The Morgan fingerprint density at radius 3 is 2.29 bits per heavy atom. The number of rotatable bonds is 5. The lowest BCUT2D eigenvalue weighted by atomic mass is 9.79. The van der Waals surface area contributed by atoms with Gasteiger partial charge >= 0.3 is 6.03 Å². The summed E-state index contributed by atoms with van der Waals surface area (Å²) < 4.78 is 0. The van der Waals surface area contributed by atoms with Crippen molar-refractivity contribution in [3.8, 4) is 0 Å². The maximum Gasteiger partial charge on any atom is 0.325 e. The highest BCUT2D eigenvalue weighted by atomic mass is 16.2. The zero-order chi connectivity index (χ0) is 19.6. The fraction of sp³-hybridized carbons (Fsp3) is 0.591. The number of amides is 4. The number of nitrogens with one attached hydrogen (secondary N) is 2. The summed E-state index contributed by atoms with van der Waals surface area (Å²) in [6.45, 7) is 0.349. The van der Waals surface area contributed by atoms with Gasteiger partial charge in [-0.3, -0.25) is 14.5 Å². The molecular weight excluding hydrogens is 354 g/mol. The third kappa shape index (κ3) is 3.40. The topological polar surface area (TPSA) is 78.5 Å². The summed E-state index contributed by atoms with van der Waals surface area (Å²) in [6.07, 6.45) is 8.71. The molecule has 1 spiro atoms. The molecule has 0 unspecified atom stereocenters. The van der Waals surface area contributed by atoms with Gasteiger partial charge in [0, 0.05) is 12.0 Å². The van der Waals surface area contributed by atoms with Gasteiger partial charge in [-0.05, 0) is 31.2 Å². The van der Waals surface area contributed by atoms with Crippen molar-refractivity contribution < 1.29 is 14.4 Å². The maximum absolute atomic E-state index is 12.8. The molecule has 6 heteroatoms. The summed E-state index contributed by atoms with van der Waals surface area (Å²) in [5, 5.41) is 5.87. The number of imide groups is 1. The van der Waals surface area contributed by atoms with Gasteiger partial charge in [0.15, 0.2) is 0 Å². The predicted octanol–water partition coefficient (Wildman–Crippen LogP) is 2.87. The fourth-order valence-corrected chi connectivity index (χ4v) is 5.19. The second-order valence-corrected chi connectivity index (χ2v) is 8.59. The number of urea groups is 1. The van der Waals surface area contributed by atoms with Crippen LogP contribution < -0.4 is 10.6 Å². The molecule has 2 saturated carbocycles. The lowest BCUT2D eigenvalue weighted by molar-refractivity contribution is -0.135. The van der Waals surface area contributed by atoms with Crippen molar-refractivity contribution in [1.82, 2.24) is 15.5 Å². The first-order chi connectivity index (χ1) is 13.5. The Morgan fingerprint density at radius 2 is 1.61 bits per heavy atom. The summed E-state index contributed by atoms with van der Waals surface area (Å²) in [6, 6.07) is 9.90. The molecule has 0 radical (unpaired) electrons. The average Bonchev–Trinajstić information content (AvgIpc) is 3.28. The van der Waals surface area contributed by atoms with Crippen LogP contribution in [-0.4, -0.2) is 41.4 Å². The molecule has 3 fully saturated rings. The first kappa shape index (κ1) is 19.0. The Labute approximate surface area is 166 Å². The second kappa shape index (κ2) is 7.57. The van der Waals surface area contributed by atoms with Crippen molar-refractivity contribution in [2.24, 2.45) is 0 Å². The third-order valence-electron chi connectivity index (χ3n) is 6.83. The Morgan fingerprint density at radius 1 is 0.964 bits per heavy atom. The molecule has 0 aromatic heterocycles. The molecule has 1 aromatic rings. The Hall–Kier alpha value is -2.37. The normalized spacial score (nSPS) is 23.1. The molecule has 6 nitrogen and oxygen atoms in total. The molecule has 2 aliphatic carbocycles. The van der Waals surface area contributed by atoms with E-state index in [2.05, 4.69) is 22.8 Å². The average molecular weight is 383 g/mol. The van der Waals surface area contributed by atoms with E-state index in [0.29, 0.717) is 19.4 Å². The van der Waals surface area contributed by atoms with E-state index in [4.69, 9.17) is 0 Å². The molecule has 0 bridgehead atoms. The van der Waals surface area contributed by atoms with Crippen molar-refractivity contribution in [3.63, 3.8) is 0 Å². The van der Waals surface area contributed by atoms with Gasteiger partial charge in [-0.1, -0.05) is 62.4 Å². The molecule has 1 aliphatic heterocycles. The van der Waals surface area contributed by atoms with Gasteiger partial charge in [-0.15, -0.1) is 0 Å². The summed E-state index contributed by atoms with van der Waals surface area (Å²) in [7, 11) is 0. The second-order valence-electron chi connectivity index (χ2n) is 8.59. The van der Waals surface area contributed by atoms with Gasteiger partial charge in [-0.25, -0.2) is 4.79 Å². The molecule has 1 saturated heterocycles. The number of carbonyl (C=O) groups excluding carboxylic acids is 3. The quantitative estimate of drug-likeness (QED) is 0.768. The van der Waals surface area contributed by atoms with Crippen LogP contribution in [0.25, 0.3) is 0 Å². The van der Waals surface area contributed by atoms with Crippen LogP contribution in [0.2, 0.25) is 0 Å². The summed E-state index contributed by atoms with van der Waals surface area (Å²) >= 11 is 0. The van der Waals surface area contributed by atoms with Crippen LogP contribution in [-0.2, 0) is 15.0 Å². The summed E-state index contributed by atoms with van der Waals surface area (Å²) in [5.41, 5.74) is 0.439. The Bertz CT molecular complexity index is 750. The van der Waals surface area contributed by atoms with E-state index < -0.39 is 11.6 Å². The smallest absolute Gasteiger partial charge is 0.325 e. The zero-order valence-corrected chi connectivity index (χ0v) is 16.3. The number of hydrogen-bond donors (Lipinski definition) is 2. The number of carbonyl (C=O) groups is 3. The summed E-state index contributed by atoms with van der Waals surface area (Å²) in [5.74, 6) is -0.496. The lowest BCUT2D eigenvalue weighted by Crippen LogP contribution is -2.49. The van der Waals surface area contributed by atoms with E-state index in [1.54, 1.807) is 0 Å². The van der Waals surface area contributed by atoms with Crippen LogP contribution >= 0.6 is 0 Å². The van der Waals surface area contributed by atoms with E-state index in [0.717, 1.165) is 49.8 Å². The minimum Gasteiger partial charge on any atom is -0.354 e. The molecule has 0 atom stereocenters. The predicted molar refractivity (Wildman–Crippen MR) is 106 cm³/mol. The SMILES string of the molecule is O=C(CN1C(=O)NC2(CCCCC2)C1=O)NCC1(c2ccccc2)CCCC1. The summed E-state index contributed by atoms with van der Waals surface area (Å²) in [4.78, 5) is 38.9. The molecular formula is C22H29N3O3. The highest BCUT2D eigenvalue weighted by Gasteiger charge is 2.51. The van der Waals surface area contributed by atoms with Gasteiger partial charge in [0.1, 0.15) is 12.1 Å². The highest BCUT2D eigenvalue weighted by Crippen LogP contribution is 2.40. The molecule has 28 heavy (non-hydrogen) atoms. The molecule has 3 aliphatic rings. The highest BCUT2D eigenvalue weighted by molar-refractivity contribution is 6.09. The Balaban J connectivity index is 1.39. The van der Waals surface area contributed by atoms with Crippen LogP contribution in [0.3, 0.4) is 0 Å². The van der Waals surface area contributed by atoms with Gasteiger partial charge in [0.25, 0.3) is 5.91 Å². The van der Waals surface area contributed by atoms with Crippen LogP contribution in [0, 0.1) is 0 Å². The number of hydrogen-bond acceptors (Lipinski definition) is 3. The minimum atomic E-state index is -0.772. The van der Waals surface area contributed by atoms with Crippen molar-refractivity contribution >= 4 is 17.8 Å². The molecule has 1 heterocycles. The van der Waals surface area contributed by atoms with Crippen molar-refractivity contribution in [1.29, 1.82) is 0 Å². The molecule has 1 aromatic carbocycles. The first-order valence-corrected chi connectivity index (χ1v) is 10.5. The van der Waals surface area contributed by atoms with Crippen LogP contribution in [0.4, 0.5) is 4.79 Å². The van der Waals surface area contributed by atoms with Crippen molar-refractivity contribution in [3.05, 3.63) is 35.9 Å². The van der Waals surface area contributed by atoms with Crippen molar-refractivity contribution in [2.45, 2.75) is 68.7 Å². The van der Waals surface area contributed by atoms with Gasteiger partial charge in [-0.2, -0.15) is 0 Å². The minimum absolute atomic E-state index is 0.0429. The van der Waals surface area contributed by atoms with E-state index in [9.17, 15) is 14.4 Å². The van der Waals surface area contributed by atoms with Crippen LogP contribution in [0.5, 0.6) is 0 Å². The standard InChI is InChI=1S/C22H29N3O3/c26-18(15-25-19(27)22(24-20(25)28)13-5-2-6-14-22)23-16-21(11-7-8-12-21)17-9-3-1-4-10-17/h1,3-4,9-10H,2,5-8,11-16H2,(H,23,26)(H,24,28). The fourth-order valence-electron chi connectivity index (χ4n) is 5.19. The van der Waals surface area contributed by atoms with Gasteiger partial charge < -0.3 is 10.6 Å². The largest absolute Gasteiger partial charge is 0.354 e. The molecule has 150 valence electrons. The first-order valence-electron chi connectivity index (χ1n) is 10.5. The van der Waals surface area contributed by atoms with Gasteiger partial charge in [0.2, 0.25) is 5.91 Å². The van der Waals surface area contributed by atoms with E-state index in [1.165, 1.54) is 5.56 Å². The van der Waals surface area contributed by atoms with E-state index in [1.807, 2.05) is 18.2 Å². The third-order valence-corrected chi connectivity index (χ3v) is 6.83. The number of nitrogens with zero attached hydrogens (tertiary/aromatic N) is 1. The molecule has 2 N–H and O–H groups in total. The molecule has 4 amide bonds.